The molecule has 1 aromatic carbocycles. The van der Waals surface area contributed by atoms with Crippen molar-refractivity contribution in [3.8, 4) is 5.75 Å². The Bertz CT molecular complexity index is 542. The van der Waals surface area contributed by atoms with E-state index >= 15 is 0 Å². The van der Waals surface area contributed by atoms with Crippen LogP contribution in [-0.4, -0.2) is 5.97 Å². The van der Waals surface area contributed by atoms with Crippen LogP contribution in [-0.2, 0) is 4.79 Å². The van der Waals surface area contributed by atoms with Crippen LogP contribution in [0, 0.1) is 0 Å². The van der Waals surface area contributed by atoms with Gasteiger partial charge >= 0.3 is 5.97 Å². The highest BCUT2D eigenvalue weighted by Gasteiger charge is 2.09. The molecule has 0 heterocycles. The Morgan fingerprint density at radius 1 is 1.12 bits per heavy atom. The molecule has 1 aromatic rings. The molecule has 17 heavy (non-hydrogen) atoms. The first-order valence-corrected chi connectivity index (χ1v) is 5.34. The second kappa shape index (κ2) is 5.15. The number of rotatable bonds is 2. The number of hydrogen-bond acceptors (Lipinski definition) is 2. The van der Waals surface area contributed by atoms with Crippen LogP contribution in [0.15, 0.2) is 71.5 Å². The predicted octanol–water partition coefficient (Wildman–Crippen LogP) is 3.19. The van der Waals surface area contributed by atoms with Gasteiger partial charge in [-0.2, -0.15) is 0 Å². The van der Waals surface area contributed by atoms with E-state index in [9.17, 15) is 4.79 Å². The highest BCUT2D eigenvalue weighted by molar-refractivity contribution is 5.93. The highest BCUT2D eigenvalue weighted by Crippen LogP contribution is 2.13. The molecule has 0 spiro atoms. The summed E-state index contributed by atoms with van der Waals surface area (Å²) in [7, 11) is 0. The standard InChI is InChI=1S/C15H12O2/c1-12-6-5-7-13(11-10-12)15(16)17-14-8-3-2-4-9-14/h2-4,6-11H,1H3. The van der Waals surface area contributed by atoms with E-state index in [1.165, 1.54) is 0 Å². The molecule has 0 unspecified atom stereocenters. The maximum Gasteiger partial charge on any atom is 0.344 e. The molecule has 1 aliphatic rings. The van der Waals surface area contributed by atoms with E-state index in [0.29, 0.717) is 11.3 Å². The Morgan fingerprint density at radius 3 is 2.65 bits per heavy atom. The number of ether oxygens (including phenoxy) is 1. The summed E-state index contributed by atoms with van der Waals surface area (Å²) in [6.07, 6.45) is 7.03. The normalized spacial score (nSPS) is 13.7. The molecule has 1 aliphatic carbocycles. The SMILES string of the molecule is CC1=CC=C(C(=O)Oc2ccccc2)C=C=C1. The summed E-state index contributed by atoms with van der Waals surface area (Å²) in [5.41, 5.74) is 4.46. The smallest absolute Gasteiger partial charge is 0.344 e. The van der Waals surface area contributed by atoms with Crippen LogP contribution in [0.5, 0.6) is 5.75 Å². The van der Waals surface area contributed by atoms with Gasteiger partial charge in [-0.1, -0.05) is 24.3 Å². The van der Waals surface area contributed by atoms with Crippen molar-refractivity contribution < 1.29 is 9.53 Å². The van der Waals surface area contributed by atoms with E-state index in [1.807, 2.05) is 37.3 Å². The number of esters is 1. The molecule has 84 valence electrons. The van der Waals surface area contributed by atoms with Crippen molar-refractivity contribution in [2.24, 2.45) is 0 Å². The van der Waals surface area contributed by atoms with Crippen molar-refractivity contribution in [1.82, 2.24) is 0 Å². The van der Waals surface area contributed by atoms with Crippen molar-refractivity contribution in [2.75, 3.05) is 0 Å². The van der Waals surface area contributed by atoms with Crippen molar-refractivity contribution in [2.45, 2.75) is 6.92 Å². The summed E-state index contributed by atoms with van der Waals surface area (Å²) in [6.45, 7) is 1.95. The van der Waals surface area contributed by atoms with Gasteiger partial charge < -0.3 is 4.74 Å². The molecule has 0 N–H and O–H groups in total. The van der Waals surface area contributed by atoms with Crippen molar-refractivity contribution in [3.63, 3.8) is 0 Å². The summed E-state index contributed by atoms with van der Waals surface area (Å²) in [6, 6.07) is 9.01. The van der Waals surface area contributed by atoms with Gasteiger partial charge in [-0.15, -0.1) is 5.73 Å². The monoisotopic (exact) mass is 224 g/mol. The molecule has 0 saturated carbocycles. The van der Waals surface area contributed by atoms with E-state index in [0.717, 1.165) is 5.57 Å². The lowest BCUT2D eigenvalue weighted by Crippen LogP contribution is -2.09. The first-order chi connectivity index (χ1) is 8.25. The lowest BCUT2D eigenvalue weighted by atomic mass is 10.2. The van der Waals surface area contributed by atoms with Gasteiger partial charge in [0.1, 0.15) is 5.75 Å². The minimum Gasteiger partial charge on any atom is -0.423 e. The van der Waals surface area contributed by atoms with Gasteiger partial charge in [0.25, 0.3) is 0 Å². The van der Waals surface area contributed by atoms with Crippen molar-refractivity contribution in [3.05, 3.63) is 71.5 Å². The molecule has 2 heteroatoms. The topological polar surface area (TPSA) is 26.3 Å². The van der Waals surface area contributed by atoms with Gasteiger partial charge in [-0.3, -0.25) is 0 Å². The van der Waals surface area contributed by atoms with E-state index in [2.05, 4.69) is 5.73 Å². The van der Waals surface area contributed by atoms with Gasteiger partial charge in [0, 0.05) is 0 Å². The molecular formula is C15H12O2. The highest BCUT2D eigenvalue weighted by atomic mass is 16.5. The van der Waals surface area contributed by atoms with Gasteiger partial charge in [0.2, 0.25) is 0 Å². The maximum atomic E-state index is 11.8. The summed E-state index contributed by atoms with van der Waals surface area (Å²) >= 11 is 0. The minimum atomic E-state index is -0.372. The van der Waals surface area contributed by atoms with Gasteiger partial charge in [0.05, 0.1) is 5.57 Å². The van der Waals surface area contributed by atoms with Crippen molar-refractivity contribution in [1.29, 1.82) is 0 Å². The molecule has 2 rings (SSSR count). The zero-order valence-corrected chi connectivity index (χ0v) is 9.51. The van der Waals surface area contributed by atoms with E-state index in [-0.39, 0.29) is 5.97 Å². The largest absolute Gasteiger partial charge is 0.423 e. The second-order valence-electron chi connectivity index (χ2n) is 3.69. The summed E-state index contributed by atoms with van der Waals surface area (Å²) in [5, 5.41) is 0. The fraction of sp³-hybridized carbons (Fsp3) is 0.0667. The molecule has 0 aromatic heterocycles. The Kier molecular flexibility index (Phi) is 3.39. The zero-order valence-electron chi connectivity index (χ0n) is 9.51. The maximum absolute atomic E-state index is 11.8. The fourth-order valence-electron chi connectivity index (χ4n) is 1.36. The number of carbonyl (C=O) groups excluding carboxylic acids is 1. The van der Waals surface area contributed by atoms with Gasteiger partial charge in [-0.25, -0.2) is 4.79 Å². The summed E-state index contributed by atoms with van der Waals surface area (Å²) in [5.74, 6) is 0.170. The predicted molar refractivity (Wildman–Crippen MR) is 66.6 cm³/mol. The fourth-order valence-corrected chi connectivity index (χ4v) is 1.36. The van der Waals surface area contributed by atoms with Crippen LogP contribution in [0.2, 0.25) is 0 Å². The number of allylic oxidation sites excluding steroid dienone is 3. The number of carbonyl (C=O) groups is 1. The Hall–Kier alpha value is -2.31. The zero-order chi connectivity index (χ0) is 12.1. The molecule has 0 radical (unpaired) electrons. The van der Waals surface area contributed by atoms with Crippen LogP contribution in [0.1, 0.15) is 6.92 Å². The minimum absolute atomic E-state index is 0.372. The third kappa shape index (κ3) is 3.07. The van der Waals surface area contributed by atoms with Crippen LogP contribution >= 0.6 is 0 Å². The first kappa shape index (κ1) is 11.2. The molecule has 0 aliphatic heterocycles. The summed E-state index contributed by atoms with van der Waals surface area (Å²) < 4.78 is 5.22. The van der Waals surface area contributed by atoms with Gasteiger partial charge in [0.15, 0.2) is 0 Å². The van der Waals surface area contributed by atoms with Crippen LogP contribution in [0.25, 0.3) is 0 Å². The lowest BCUT2D eigenvalue weighted by molar-refractivity contribution is -0.129. The Balaban J connectivity index is 2.15. The van der Waals surface area contributed by atoms with Crippen LogP contribution in [0.3, 0.4) is 0 Å². The van der Waals surface area contributed by atoms with Crippen LogP contribution < -0.4 is 4.74 Å². The van der Waals surface area contributed by atoms with Crippen LogP contribution in [0.4, 0.5) is 0 Å². The third-order valence-electron chi connectivity index (χ3n) is 2.27. The summed E-state index contributed by atoms with van der Waals surface area (Å²) in [4.78, 5) is 11.8. The molecule has 0 atom stereocenters. The number of para-hydroxylation sites is 1. The molecule has 0 amide bonds. The van der Waals surface area contributed by atoms with Gasteiger partial charge in [-0.05, 0) is 42.9 Å². The lowest BCUT2D eigenvalue weighted by Gasteiger charge is -2.03. The van der Waals surface area contributed by atoms with E-state index < -0.39 is 0 Å². The third-order valence-corrected chi connectivity index (χ3v) is 2.27. The Labute approximate surface area is 100 Å². The van der Waals surface area contributed by atoms with Crippen molar-refractivity contribution >= 4 is 5.97 Å². The second-order valence-corrected chi connectivity index (χ2v) is 3.69. The average molecular weight is 224 g/mol. The van der Waals surface area contributed by atoms with E-state index in [4.69, 9.17) is 4.74 Å². The average Bonchev–Trinajstić information content (AvgIpc) is 2.55. The Morgan fingerprint density at radius 2 is 1.88 bits per heavy atom. The molecule has 0 fully saturated rings. The van der Waals surface area contributed by atoms with E-state index in [1.54, 1.807) is 24.3 Å². The molecule has 0 bridgehead atoms. The number of benzene rings is 1. The molecule has 2 nitrogen and oxygen atoms in total. The molecular weight excluding hydrogens is 212 g/mol. The first-order valence-electron chi connectivity index (χ1n) is 5.34. The molecule has 0 saturated heterocycles. The number of hydrogen-bond donors (Lipinski definition) is 0. The quantitative estimate of drug-likeness (QED) is 0.438.